The molecule has 1 N–H and O–H groups in total. The van der Waals surface area contributed by atoms with Crippen LogP contribution < -0.4 is 5.32 Å². The zero-order valence-corrected chi connectivity index (χ0v) is 9.68. The standard InChI is InChI=1S/C9H12N4OS/c1-4-9(3,5-10)11-8(14)7-6(2)12-13-15-7/h4H2,1-3H3,(H,11,14). The smallest absolute Gasteiger partial charge is 0.266 e. The van der Waals surface area contributed by atoms with Crippen molar-refractivity contribution in [2.75, 3.05) is 0 Å². The molecular weight excluding hydrogens is 212 g/mol. The summed E-state index contributed by atoms with van der Waals surface area (Å²) in [5.74, 6) is -0.284. The van der Waals surface area contributed by atoms with Crippen LogP contribution in [0.25, 0.3) is 0 Å². The average molecular weight is 224 g/mol. The number of hydrogen-bond donors (Lipinski definition) is 1. The van der Waals surface area contributed by atoms with Crippen LogP contribution in [0.3, 0.4) is 0 Å². The van der Waals surface area contributed by atoms with Gasteiger partial charge in [0, 0.05) is 0 Å². The minimum absolute atomic E-state index is 0.284. The third-order valence-corrected chi connectivity index (χ3v) is 3.03. The summed E-state index contributed by atoms with van der Waals surface area (Å²) in [6, 6.07) is 2.07. The highest BCUT2D eigenvalue weighted by Crippen LogP contribution is 2.13. The minimum Gasteiger partial charge on any atom is -0.333 e. The number of nitrogens with zero attached hydrogens (tertiary/aromatic N) is 3. The van der Waals surface area contributed by atoms with Crippen molar-refractivity contribution in [1.29, 1.82) is 5.26 Å². The van der Waals surface area contributed by atoms with Crippen LogP contribution in [-0.2, 0) is 0 Å². The number of aromatic nitrogens is 2. The number of hydrogen-bond acceptors (Lipinski definition) is 5. The molecule has 5 nitrogen and oxygen atoms in total. The summed E-state index contributed by atoms with van der Waals surface area (Å²) in [7, 11) is 0. The lowest BCUT2D eigenvalue weighted by Crippen LogP contribution is -2.44. The number of carbonyl (C=O) groups excluding carboxylic acids is 1. The minimum atomic E-state index is -0.826. The van der Waals surface area contributed by atoms with Crippen molar-refractivity contribution in [1.82, 2.24) is 14.9 Å². The lowest BCUT2D eigenvalue weighted by atomic mass is 10.0. The third-order valence-electron chi connectivity index (χ3n) is 2.20. The van der Waals surface area contributed by atoms with Gasteiger partial charge in [0.25, 0.3) is 5.91 Å². The Morgan fingerprint density at radius 1 is 1.73 bits per heavy atom. The number of nitriles is 1. The topological polar surface area (TPSA) is 78.7 Å². The van der Waals surface area contributed by atoms with E-state index >= 15 is 0 Å². The van der Waals surface area contributed by atoms with Crippen molar-refractivity contribution in [2.24, 2.45) is 0 Å². The molecule has 0 bridgehead atoms. The number of carbonyl (C=O) groups is 1. The van der Waals surface area contributed by atoms with Crippen molar-refractivity contribution in [3.8, 4) is 6.07 Å². The second-order valence-electron chi connectivity index (χ2n) is 3.44. The van der Waals surface area contributed by atoms with Gasteiger partial charge in [0.2, 0.25) is 0 Å². The summed E-state index contributed by atoms with van der Waals surface area (Å²) in [6.07, 6.45) is 0.556. The molecule has 80 valence electrons. The lowest BCUT2D eigenvalue weighted by molar-refractivity contribution is 0.0926. The molecule has 0 spiro atoms. The molecule has 0 aliphatic heterocycles. The first-order chi connectivity index (χ1) is 7.02. The molecule has 0 radical (unpaired) electrons. The zero-order chi connectivity index (χ0) is 11.5. The highest BCUT2D eigenvalue weighted by atomic mass is 32.1. The Kier molecular flexibility index (Phi) is 3.37. The molecule has 1 amide bonds. The number of rotatable bonds is 3. The Balaban J connectivity index is 2.82. The molecule has 1 aromatic rings. The van der Waals surface area contributed by atoms with Gasteiger partial charge >= 0.3 is 0 Å². The van der Waals surface area contributed by atoms with E-state index in [1.54, 1.807) is 13.8 Å². The number of aryl methyl sites for hydroxylation is 1. The van der Waals surface area contributed by atoms with Crippen LogP contribution >= 0.6 is 11.5 Å². The summed E-state index contributed by atoms with van der Waals surface area (Å²) >= 11 is 1.04. The van der Waals surface area contributed by atoms with Gasteiger partial charge in [-0.25, -0.2) is 0 Å². The molecule has 0 saturated carbocycles. The largest absolute Gasteiger partial charge is 0.333 e. The van der Waals surface area contributed by atoms with Crippen LogP contribution in [0, 0.1) is 18.3 Å². The summed E-state index contributed by atoms with van der Waals surface area (Å²) in [4.78, 5) is 12.2. The molecule has 1 aromatic heterocycles. The SMILES string of the molecule is CCC(C)(C#N)NC(=O)c1snnc1C. The van der Waals surface area contributed by atoms with Gasteiger partial charge in [-0.05, 0) is 31.8 Å². The Labute approximate surface area is 92.3 Å². The normalized spacial score (nSPS) is 14.0. The van der Waals surface area contributed by atoms with Crippen LogP contribution in [0.1, 0.15) is 35.6 Å². The fourth-order valence-corrected chi connectivity index (χ4v) is 1.49. The number of amides is 1. The molecule has 0 aliphatic carbocycles. The van der Waals surface area contributed by atoms with Crippen LogP contribution in [0.15, 0.2) is 0 Å². The maximum absolute atomic E-state index is 11.7. The van der Waals surface area contributed by atoms with Crippen LogP contribution in [0.5, 0.6) is 0 Å². The fourth-order valence-electron chi connectivity index (χ4n) is 0.942. The van der Waals surface area contributed by atoms with E-state index in [4.69, 9.17) is 5.26 Å². The molecule has 1 heterocycles. The van der Waals surface area contributed by atoms with Gasteiger partial charge in [-0.2, -0.15) is 5.26 Å². The molecule has 1 unspecified atom stereocenters. The first-order valence-electron chi connectivity index (χ1n) is 4.55. The first-order valence-corrected chi connectivity index (χ1v) is 5.32. The predicted octanol–water partition coefficient (Wildman–Crippen LogP) is 1.27. The van der Waals surface area contributed by atoms with Gasteiger partial charge in [-0.15, -0.1) is 5.10 Å². The van der Waals surface area contributed by atoms with E-state index < -0.39 is 5.54 Å². The monoisotopic (exact) mass is 224 g/mol. The maximum atomic E-state index is 11.7. The van der Waals surface area contributed by atoms with Gasteiger partial charge in [0.15, 0.2) is 0 Å². The van der Waals surface area contributed by atoms with Crippen LogP contribution in [0.2, 0.25) is 0 Å². The van der Waals surface area contributed by atoms with E-state index in [2.05, 4.69) is 21.0 Å². The molecular formula is C9H12N4OS. The quantitative estimate of drug-likeness (QED) is 0.838. The van der Waals surface area contributed by atoms with Gasteiger partial charge < -0.3 is 5.32 Å². The van der Waals surface area contributed by atoms with Crippen molar-refractivity contribution in [2.45, 2.75) is 32.7 Å². The highest BCUT2D eigenvalue weighted by molar-refractivity contribution is 7.08. The summed E-state index contributed by atoms with van der Waals surface area (Å²) < 4.78 is 3.67. The molecule has 1 atom stereocenters. The molecule has 1 rings (SSSR count). The first kappa shape index (κ1) is 11.6. The van der Waals surface area contributed by atoms with Crippen molar-refractivity contribution >= 4 is 17.4 Å². The summed E-state index contributed by atoms with van der Waals surface area (Å²) in [6.45, 7) is 5.25. The van der Waals surface area contributed by atoms with Gasteiger partial charge in [-0.1, -0.05) is 11.4 Å². The van der Waals surface area contributed by atoms with E-state index in [9.17, 15) is 4.79 Å². The summed E-state index contributed by atoms with van der Waals surface area (Å²) in [5, 5.41) is 15.3. The van der Waals surface area contributed by atoms with E-state index in [0.717, 1.165) is 11.5 Å². The Morgan fingerprint density at radius 2 is 2.40 bits per heavy atom. The Hall–Kier alpha value is -1.48. The summed E-state index contributed by atoms with van der Waals surface area (Å²) in [5.41, 5.74) is -0.234. The van der Waals surface area contributed by atoms with E-state index in [-0.39, 0.29) is 5.91 Å². The molecule has 0 aliphatic rings. The van der Waals surface area contributed by atoms with Gasteiger partial charge in [0.1, 0.15) is 10.4 Å². The molecule has 15 heavy (non-hydrogen) atoms. The second-order valence-corrected chi connectivity index (χ2v) is 4.19. The molecule has 0 aromatic carbocycles. The highest BCUT2D eigenvalue weighted by Gasteiger charge is 2.26. The van der Waals surface area contributed by atoms with E-state index in [1.165, 1.54) is 0 Å². The zero-order valence-electron chi connectivity index (χ0n) is 8.87. The van der Waals surface area contributed by atoms with Gasteiger partial charge in [-0.3, -0.25) is 4.79 Å². The predicted molar refractivity (Wildman–Crippen MR) is 56.4 cm³/mol. The van der Waals surface area contributed by atoms with E-state index in [1.807, 2.05) is 6.92 Å². The van der Waals surface area contributed by atoms with Crippen molar-refractivity contribution < 1.29 is 4.79 Å². The molecule has 0 saturated heterocycles. The van der Waals surface area contributed by atoms with E-state index in [0.29, 0.717) is 17.0 Å². The second kappa shape index (κ2) is 4.36. The lowest BCUT2D eigenvalue weighted by Gasteiger charge is -2.20. The van der Waals surface area contributed by atoms with Crippen molar-refractivity contribution in [3.63, 3.8) is 0 Å². The maximum Gasteiger partial charge on any atom is 0.266 e. The molecule has 6 heteroatoms. The molecule has 0 fully saturated rings. The average Bonchev–Trinajstić information content (AvgIpc) is 2.64. The fraction of sp³-hybridized carbons (Fsp3) is 0.556. The third kappa shape index (κ3) is 2.50. The van der Waals surface area contributed by atoms with Gasteiger partial charge in [0.05, 0.1) is 11.8 Å². The van der Waals surface area contributed by atoms with Crippen molar-refractivity contribution in [3.05, 3.63) is 10.6 Å². The number of nitrogens with one attached hydrogen (secondary N) is 1. The van der Waals surface area contributed by atoms with Crippen LogP contribution in [0.4, 0.5) is 0 Å². The Bertz CT molecular complexity index is 408. The Morgan fingerprint density at radius 3 is 2.80 bits per heavy atom. The van der Waals surface area contributed by atoms with Crippen LogP contribution in [-0.4, -0.2) is 21.0 Å².